The molecule has 0 radical (unpaired) electrons. The normalized spacial score (nSPS) is 11.5. The summed E-state index contributed by atoms with van der Waals surface area (Å²) in [7, 11) is 1.66. The lowest BCUT2D eigenvalue weighted by Crippen LogP contribution is -2.39. The Morgan fingerprint density at radius 1 is 1.41 bits per heavy atom. The highest BCUT2D eigenvalue weighted by molar-refractivity contribution is 5.76. The van der Waals surface area contributed by atoms with Crippen LogP contribution in [-0.4, -0.2) is 50.2 Å². The van der Waals surface area contributed by atoms with Gasteiger partial charge in [-0.25, -0.2) is 0 Å². The van der Waals surface area contributed by atoms with Crippen molar-refractivity contribution >= 4 is 5.91 Å². The molecule has 1 N–H and O–H groups in total. The fourth-order valence-electron chi connectivity index (χ4n) is 2.03. The predicted octanol–water partition coefficient (Wildman–Crippen LogP) is 1.29. The Kier molecular flexibility index (Phi) is 4.87. The first-order chi connectivity index (χ1) is 10.3. The number of pyridine rings is 1. The first-order valence-electron chi connectivity index (χ1n) is 7.05. The van der Waals surface area contributed by atoms with Crippen molar-refractivity contribution < 1.29 is 14.4 Å². The second-order valence-corrected chi connectivity index (χ2v) is 5.79. The van der Waals surface area contributed by atoms with Gasteiger partial charge in [-0.2, -0.15) is 4.98 Å². The summed E-state index contributed by atoms with van der Waals surface area (Å²) in [6.45, 7) is 3.59. The van der Waals surface area contributed by atoms with E-state index in [-0.39, 0.29) is 18.9 Å². The van der Waals surface area contributed by atoms with E-state index in [0.29, 0.717) is 23.8 Å². The average molecular weight is 304 g/mol. The Balaban J connectivity index is 1.90. The van der Waals surface area contributed by atoms with E-state index in [1.54, 1.807) is 33.2 Å². The summed E-state index contributed by atoms with van der Waals surface area (Å²) in [4.78, 5) is 21.8. The number of aliphatic hydroxyl groups is 1. The van der Waals surface area contributed by atoms with E-state index in [2.05, 4.69) is 15.1 Å². The molecule has 0 aliphatic carbocycles. The van der Waals surface area contributed by atoms with Gasteiger partial charge in [0.05, 0.1) is 5.60 Å². The molecule has 2 aromatic rings. The zero-order valence-electron chi connectivity index (χ0n) is 13.0. The molecule has 1 amide bonds. The SMILES string of the molecule is CN(CC(C)(C)O)C(=O)CCc1nc(-c2ccccn2)no1. The molecule has 118 valence electrons. The monoisotopic (exact) mass is 304 g/mol. The number of hydrogen-bond donors (Lipinski definition) is 1. The van der Waals surface area contributed by atoms with Gasteiger partial charge in [-0.15, -0.1) is 0 Å². The molecule has 22 heavy (non-hydrogen) atoms. The van der Waals surface area contributed by atoms with Crippen molar-refractivity contribution in [1.29, 1.82) is 0 Å². The summed E-state index contributed by atoms with van der Waals surface area (Å²) < 4.78 is 5.13. The molecule has 2 rings (SSSR count). The maximum atomic E-state index is 12.0. The lowest BCUT2D eigenvalue weighted by Gasteiger charge is -2.25. The van der Waals surface area contributed by atoms with Crippen LogP contribution in [0.3, 0.4) is 0 Å². The molecule has 0 atom stereocenters. The van der Waals surface area contributed by atoms with E-state index in [0.717, 1.165) is 0 Å². The molecule has 0 bridgehead atoms. The number of likely N-dealkylation sites (N-methyl/N-ethyl adjacent to an activating group) is 1. The van der Waals surface area contributed by atoms with E-state index < -0.39 is 5.60 Å². The van der Waals surface area contributed by atoms with E-state index in [4.69, 9.17) is 4.52 Å². The van der Waals surface area contributed by atoms with Gasteiger partial charge in [-0.1, -0.05) is 11.2 Å². The van der Waals surface area contributed by atoms with Crippen LogP contribution in [0.1, 0.15) is 26.2 Å². The Hall–Kier alpha value is -2.28. The van der Waals surface area contributed by atoms with Gasteiger partial charge in [0.15, 0.2) is 0 Å². The van der Waals surface area contributed by atoms with Gasteiger partial charge in [0.1, 0.15) is 5.69 Å². The molecular weight excluding hydrogens is 284 g/mol. The van der Waals surface area contributed by atoms with Crippen LogP contribution < -0.4 is 0 Å². The molecule has 7 heteroatoms. The van der Waals surface area contributed by atoms with Crippen LogP contribution >= 0.6 is 0 Å². The van der Waals surface area contributed by atoms with Crippen molar-refractivity contribution in [2.75, 3.05) is 13.6 Å². The minimum atomic E-state index is -0.916. The minimum absolute atomic E-state index is 0.0836. The van der Waals surface area contributed by atoms with Gasteiger partial charge in [-0.05, 0) is 26.0 Å². The number of carbonyl (C=O) groups excluding carboxylic acids is 1. The maximum Gasteiger partial charge on any atom is 0.227 e. The molecule has 2 heterocycles. The summed E-state index contributed by atoms with van der Waals surface area (Å²) in [5.41, 5.74) is -0.288. The van der Waals surface area contributed by atoms with Gasteiger partial charge in [0, 0.05) is 32.6 Å². The topological polar surface area (TPSA) is 92.3 Å². The average Bonchev–Trinajstić information content (AvgIpc) is 2.92. The number of rotatable bonds is 6. The highest BCUT2D eigenvalue weighted by Gasteiger charge is 2.20. The second kappa shape index (κ2) is 6.65. The number of nitrogens with zero attached hydrogens (tertiary/aromatic N) is 4. The van der Waals surface area contributed by atoms with E-state index in [9.17, 15) is 9.90 Å². The lowest BCUT2D eigenvalue weighted by molar-refractivity contribution is -0.132. The maximum absolute atomic E-state index is 12.0. The number of carbonyl (C=O) groups is 1. The van der Waals surface area contributed by atoms with E-state index in [1.807, 2.05) is 12.1 Å². The molecule has 0 aliphatic rings. The van der Waals surface area contributed by atoms with Crippen LogP contribution in [0.5, 0.6) is 0 Å². The molecule has 0 saturated heterocycles. The smallest absolute Gasteiger partial charge is 0.227 e. The number of aromatic nitrogens is 3. The molecule has 0 spiro atoms. The van der Waals surface area contributed by atoms with Gasteiger partial charge in [-0.3, -0.25) is 9.78 Å². The van der Waals surface area contributed by atoms with Crippen molar-refractivity contribution in [3.8, 4) is 11.5 Å². The van der Waals surface area contributed by atoms with E-state index >= 15 is 0 Å². The number of hydrogen-bond acceptors (Lipinski definition) is 6. The zero-order valence-corrected chi connectivity index (χ0v) is 13.0. The van der Waals surface area contributed by atoms with Crippen LogP contribution in [0.2, 0.25) is 0 Å². The van der Waals surface area contributed by atoms with Gasteiger partial charge in [0.25, 0.3) is 0 Å². The first kappa shape index (κ1) is 16.1. The quantitative estimate of drug-likeness (QED) is 0.864. The second-order valence-electron chi connectivity index (χ2n) is 5.79. The molecule has 0 aromatic carbocycles. The van der Waals surface area contributed by atoms with Gasteiger partial charge < -0.3 is 14.5 Å². The molecule has 0 fully saturated rings. The lowest BCUT2D eigenvalue weighted by atomic mass is 10.1. The van der Waals surface area contributed by atoms with Crippen molar-refractivity contribution in [1.82, 2.24) is 20.0 Å². The fraction of sp³-hybridized carbons (Fsp3) is 0.467. The van der Waals surface area contributed by atoms with E-state index in [1.165, 1.54) is 4.90 Å². The van der Waals surface area contributed by atoms with Gasteiger partial charge in [0.2, 0.25) is 17.6 Å². The highest BCUT2D eigenvalue weighted by Crippen LogP contribution is 2.13. The summed E-state index contributed by atoms with van der Waals surface area (Å²) >= 11 is 0. The first-order valence-corrected chi connectivity index (χ1v) is 7.05. The Bertz CT molecular complexity index is 619. The molecule has 0 unspecified atom stereocenters. The summed E-state index contributed by atoms with van der Waals surface area (Å²) in [5, 5.41) is 13.6. The van der Waals surface area contributed by atoms with Crippen molar-refractivity contribution in [2.24, 2.45) is 0 Å². The zero-order chi connectivity index (χ0) is 16.2. The Morgan fingerprint density at radius 2 is 2.18 bits per heavy atom. The standard InChI is InChI=1S/C15H20N4O3/c1-15(2,21)10-19(3)13(20)8-7-12-17-14(18-22-12)11-6-4-5-9-16-11/h4-6,9,21H,7-8,10H2,1-3H3. The molecule has 0 aliphatic heterocycles. The highest BCUT2D eigenvalue weighted by atomic mass is 16.5. The number of amides is 1. The van der Waals surface area contributed by atoms with Crippen LogP contribution in [-0.2, 0) is 11.2 Å². The number of aryl methyl sites for hydroxylation is 1. The predicted molar refractivity (Wildman–Crippen MR) is 79.8 cm³/mol. The van der Waals surface area contributed by atoms with Crippen LogP contribution in [0.15, 0.2) is 28.9 Å². The molecule has 2 aromatic heterocycles. The van der Waals surface area contributed by atoms with Crippen LogP contribution in [0.25, 0.3) is 11.5 Å². The third kappa shape index (κ3) is 4.63. The molecule has 7 nitrogen and oxygen atoms in total. The van der Waals surface area contributed by atoms with Crippen molar-refractivity contribution in [3.05, 3.63) is 30.3 Å². The van der Waals surface area contributed by atoms with Crippen LogP contribution in [0.4, 0.5) is 0 Å². The Morgan fingerprint density at radius 3 is 2.82 bits per heavy atom. The van der Waals surface area contributed by atoms with Crippen molar-refractivity contribution in [3.63, 3.8) is 0 Å². The van der Waals surface area contributed by atoms with Gasteiger partial charge >= 0.3 is 0 Å². The fourth-order valence-corrected chi connectivity index (χ4v) is 2.03. The Labute approximate surface area is 129 Å². The minimum Gasteiger partial charge on any atom is -0.389 e. The summed E-state index contributed by atoms with van der Waals surface area (Å²) in [6, 6.07) is 5.44. The largest absolute Gasteiger partial charge is 0.389 e. The van der Waals surface area contributed by atoms with Crippen molar-refractivity contribution in [2.45, 2.75) is 32.3 Å². The molecule has 0 saturated carbocycles. The molecular formula is C15H20N4O3. The van der Waals surface area contributed by atoms with Crippen LogP contribution in [0, 0.1) is 0 Å². The third-order valence-electron chi connectivity index (χ3n) is 2.96. The summed E-state index contributed by atoms with van der Waals surface area (Å²) in [6.07, 6.45) is 2.26. The third-order valence-corrected chi connectivity index (χ3v) is 2.96. The summed E-state index contributed by atoms with van der Waals surface area (Å²) in [5.74, 6) is 0.721.